The van der Waals surface area contributed by atoms with Crippen molar-refractivity contribution in [3.05, 3.63) is 70.7 Å². The number of oxazole rings is 1. The third-order valence-corrected chi connectivity index (χ3v) is 5.77. The number of aromatic nitrogens is 3. The first-order valence-electron chi connectivity index (χ1n) is 9.16. The van der Waals surface area contributed by atoms with Crippen molar-refractivity contribution in [2.24, 2.45) is 0 Å². The summed E-state index contributed by atoms with van der Waals surface area (Å²) >= 11 is 4.85. The van der Waals surface area contributed by atoms with Crippen LogP contribution in [0.2, 0.25) is 0 Å². The van der Waals surface area contributed by atoms with Crippen molar-refractivity contribution in [1.29, 1.82) is 0 Å². The molecule has 0 aliphatic heterocycles. The first kappa shape index (κ1) is 19.9. The summed E-state index contributed by atoms with van der Waals surface area (Å²) in [5.41, 5.74) is 3.30. The smallest absolute Gasteiger partial charge is 0.256 e. The van der Waals surface area contributed by atoms with E-state index in [1.165, 1.54) is 17.3 Å². The molecular weight excluding hydrogens is 450 g/mol. The van der Waals surface area contributed by atoms with Crippen LogP contribution in [0.5, 0.6) is 0 Å². The van der Waals surface area contributed by atoms with E-state index in [1.54, 1.807) is 6.20 Å². The van der Waals surface area contributed by atoms with Crippen molar-refractivity contribution in [2.75, 3.05) is 0 Å². The largest absolute Gasteiger partial charge is 0.431 e. The first-order chi connectivity index (χ1) is 13.9. The van der Waals surface area contributed by atoms with Crippen LogP contribution in [0, 0.1) is 0 Å². The minimum Gasteiger partial charge on any atom is -0.431 e. The number of thioether (sulfide) groups is 1. The number of nitrogens with zero attached hydrogens (tertiary/aromatic N) is 3. The number of rotatable bonds is 5. The molecule has 0 aliphatic carbocycles. The molecule has 0 saturated heterocycles. The van der Waals surface area contributed by atoms with Crippen LogP contribution in [0.4, 0.5) is 0 Å². The van der Waals surface area contributed by atoms with Crippen LogP contribution in [-0.2, 0) is 11.2 Å². The van der Waals surface area contributed by atoms with Crippen LogP contribution >= 0.6 is 27.7 Å². The minimum atomic E-state index is 0.114. The van der Waals surface area contributed by atoms with Crippen molar-refractivity contribution in [2.45, 2.75) is 37.2 Å². The van der Waals surface area contributed by atoms with Gasteiger partial charge in [0, 0.05) is 15.6 Å². The first-order valence-corrected chi connectivity index (χ1v) is 10.9. The van der Waals surface area contributed by atoms with E-state index in [-0.39, 0.29) is 5.41 Å². The van der Waals surface area contributed by atoms with E-state index in [1.807, 2.05) is 36.4 Å². The topological polar surface area (TPSA) is 65.0 Å². The van der Waals surface area contributed by atoms with Gasteiger partial charge in [-0.1, -0.05) is 90.0 Å². The van der Waals surface area contributed by atoms with Crippen molar-refractivity contribution >= 4 is 27.7 Å². The van der Waals surface area contributed by atoms with Crippen molar-refractivity contribution < 1.29 is 8.94 Å². The highest BCUT2D eigenvalue weighted by atomic mass is 79.9. The predicted octanol–water partition coefficient (Wildman–Crippen LogP) is 6.74. The Morgan fingerprint density at radius 1 is 0.966 bits per heavy atom. The fraction of sp³-hybridized carbons (Fsp3) is 0.227. The van der Waals surface area contributed by atoms with Gasteiger partial charge in [0.25, 0.3) is 5.22 Å². The van der Waals surface area contributed by atoms with Crippen LogP contribution in [0.1, 0.15) is 32.2 Å². The fourth-order valence-corrected chi connectivity index (χ4v) is 3.65. The second-order valence-electron chi connectivity index (χ2n) is 7.63. The molecule has 2 aromatic carbocycles. The SMILES string of the molecule is CC(C)(C)c1ccc(-c2noc(CSc3ncc(-c4ccc(Br)cc4)o3)n2)cc1. The van der Waals surface area contributed by atoms with Gasteiger partial charge in [-0.25, -0.2) is 4.98 Å². The molecule has 29 heavy (non-hydrogen) atoms. The number of hydrogen-bond acceptors (Lipinski definition) is 6. The maximum atomic E-state index is 5.81. The zero-order valence-electron chi connectivity index (χ0n) is 16.3. The van der Waals surface area contributed by atoms with Gasteiger partial charge in [0.05, 0.1) is 11.9 Å². The Morgan fingerprint density at radius 2 is 1.66 bits per heavy atom. The van der Waals surface area contributed by atoms with Gasteiger partial charge < -0.3 is 8.94 Å². The van der Waals surface area contributed by atoms with E-state index in [0.717, 1.165) is 21.4 Å². The quantitative estimate of drug-likeness (QED) is 0.301. The zero-order valence-corrected chi connectivity index (χ0v) is 18.8. The Balaban J connectivity index is 1.40. The Kier molecular flexibility index (Phi) is 5.61. The Morgan fingerprint density at radius 3 is 2.34 bits per heavy atom. The van der Waals surface area contributed by atoms with Gasteiger partial charge in [0.15, 0.2) is 5.76 Å². The highest BCUT2D eigenvalue weighted by Crippen LogP contribution is 2.29. The van der Waals surface area contributed by atoms with Crippen LogP contribution in [0.3, 0.4) is 0 Å². The molecule has 0 bridgehead atoms. The monoisotopic (exact) mass is 469 g/mol. The Hall–Kier alpha value is -2.38. The summed E-state index contributed by atoms with van der Waals surface area (Å²) in [4.78, 5) is 8.81. The molecule has 0 radical (unpaired) electrons. The van der Waals surface area contributed by atoms with E-state index >= 15 is 0 Å². The molecular formula is C22H20BrN3O2S. The lowest BCUT2D eigenvalue weighted by molar-refractivity contribution is 0.391. The van der Waals surface area contributed by atoms with Gasteiger partial charge in [-0.15, -0.1) is 0 Å². The summed E-state index contributed by atoms with van der Waals surface area (Å²) in [6.45, 7) is 6.57. The van der Waals surface area contributed by atoms with Crippen molar-refractivity contribution in [3.8, 4) is 22.7 Å². The summed E-state index contributed by atoms with van der Waals surface area (Å²) in [7, 11) is 0. The number of hydrogen-bond donors (Lipinski definition) is 0. The van der Waals surface area contributed by atoms with Gasteiger partial charge >= 0.3 is 0 Å². The summed E-state index contributed by atoms with van der Waals surface area (Å²) in [6, 6.07) is 16.2. The van der Waals surface area contributed by atoms with E-state index in [4.69, 9.17) is 8.94 Å². The van der Waals surface area contributed by atoms with E-state index in [9.17, 15) is 0 Å². The van der Waals surface area contributed by atoms with Gasteiger partial charge in [-0.05, 0) is 23.1 Å². The molecule has 4 rings (SSSR count). The van der Waals surface area contributed by atoms with Crippen LogP contribution in [0.15, 0.2) is 73.4 Å². The maximum absolute atomic E-state index is 5.81. The highest BCUT2D eigenvalue weighted by molar-refractivity contribution is 9.10. The molecule has 7 heteroatoms. The minimum absolute atomic E-state index is 0.114. The Labute approximate surface area is 182 Å². The third kappa shape index (κ3) is 4.79. The number of benzene rings is 2. The lowest BCUT2D eigenvalue weighted by Gasteiger charge is -2.18. The van der Waals surface area contributed by atoms with E-state index in [2.05, 4.69) is 64.0 Å². The molecule has 5 nitrogen and oxygen atoms in total. The van der Waals surface area contributed by atoms with E-state index in [0.29, 0.717) is 22.7 Å². The summed E-state index contributed by atoms with van der Waals surface area (Å²) in [6.07, 6.45) is 1.72. The van der Waals surface area contributed by atoms with Crippen LogP contribution in [0.25, 0.3) is 22.7 Å². The third-order valence-electron chi connectivity index (χ3n) is 4.41. The van der Waals surface area contributed by atoms with E-state index < -0.39 is 0 Å². The predicted molar refractivity (Wildman–Crippen MR) is 118 cm³/mol. The molecule has 0 unspecified atom stereocenters. The number of halogens is 1. The lowest BCUT2D eigenvalue weighted by Crippen LogP contribution is -2.10. The second-order valence-corrected chi connectivity index (χ2v) is 9.47. The van der Waals surface area contributed by atoms with Crippen molar-refractivity contribution in [1.82, 2.24) is 15.1 Å². The molecule has 4 aromatic rings. The van der Waals surface area contributed by atoms with Gasteiger partial charge in [-0.3, -0.25) is 0 Å². The standard InChI is InChI=1S/C22H20BrN3O2S/c1-22(2,3)16-8-4-15(5-9-16)20-25-19(28-26-20)13-29-21-24-12-18(27-21)14-6-10-17(23)11-7-14/h4-12H,13H2,1-3H3. The average molecular weight is 470 g/mol. The molecule has 0 amide bonds. The summed E-state index contributed by atoms with van der Waals surface area (Å²) in [5, 5.41) is 4.66. The zero-order chi connectivity index (χ0) is 20.4. The van der Waals surface area contributed by atoms with Gasteiger partial charge in [0.1, 0.15) is 0 Å². The fourth-order valence-electron chi connectivity index (χ4n) is 2.75. The van der Waals surface area contributed by atoms with Crippen molar-refractivity contribution in [3.63, 3.8) is 0 Å². The molecule has 0 fully saturated rings. The Bertz CT molecular complexity index is 1100. The average Bonchev–Trinajstić information content (AvgIpc) is 3.36. The highest BCUT2D eigenvalue weighted by Gasteiger charge is 2.15. The molecule has 0 saturated carbocycles. The molecule has 0 spiro atoms. The summed E-state index contributed by atoms with van der Waals surface area (Å²) in [5.74, 6) is 2.34. The van der Waals surface area contributed by atoms with Crippen LogP contribution < -0.4 is 0 Å². The molecule has 0 N–H and O–H groups in total. The lowest BCUT2D eigenvalue weighted by atomic mass is 9.87. The molecule has 2 heterocycles. The normalized spacial score (nSPS) is 11.7. The molecule has 2 aromatic heterocycles. The molecule has 0 atom stereocenters. The molecule has 148 valence electrons. The van der Waals surface area contributed by atoms with Crippen LogP contribution in [-0.4, -0.2) is 15.1 Å². The maximum Gasteiger partial charge on any atom is 0.256 e. The van der Waals surface area contributed by atoms with Gasteiger partial charge in [-0.2, -0.15) is 4.98 Å². The second kappa shape index (κ2) is 8.16. The van der Waals surface area contributed by atoms with Gasteiger partial charge in [0.2, 0.25) is 11.7 Å². The molecule has 0 aliphatic rings. The summed E-state index contributed by atoms with van der Waals surface area (Å²) < 4.78 is 12.2.